The second kappa shape index (κ2) is 7.77. The van der Waals surface area contributed by atoms with E-state index in [1.54, 1.807) is 0 Å². The zero-order valence-electron chi connectivity index (χ0n) is 13.5. The maximum absolute atomic E-state index is 12.2. The van der Waals surface area contributed by atoms with Gasteiger partial charge in [-0.05, 0) is 42.7 Å². The van der Waals surface area contributed by atoms with E-state index in [1.807, 2.05) is 54.6 Å². The molecule has 0 spiro atoms. The highest BCUT2D eigenvalue weighted by Gasteiger charge is 2.21. The molecule has 3 rings (SSSR count). The predicted molar refractivity (Wildman–Crippen MR) is 92.1 cm³/mol. The first-order valence-electron chi connectivity index (χ1n) is 8.32. The number of hydrogen-bond acceptors (Lipinski definition) is 3. The smallest absolute Gasteiger partial charge is 0.220 e. The van der Waals surface area contributed by atoms with Gasteiger partial charge in [0.25, 0.3) is 0 Å². The van der Waals surface area contributed by atoms with E-state index < -0.39 is 0 Å². The van der Waals surface area contributed by atoms with Crippen LogP contribution in [0.5, 0.6) is 11.5 Å². The fourth-order valence-electron chi connectivity index (χ4n) is 2.89. The first-order chi connectivity index (χ1) is 11.7. The topological polar surface area (TPSA) is 55.4 Å². The number of nitrogens with one attached hydrogen (secondary N) is 1. The van der Waals surface area contributed by atoms with Crippen molar-refractivity contribution in [2.75, 3.05) is 0 Å². The molecule has 1 aliphatic heterocycles. The van der Waals surface area contributed by atoms with Crippen LogP contribution >= 0.6 is 0 Å². The van der Waals surface area contributed by atoms with Crippen LogP contribution in [0.15, 0.2) is 54.6 Å². The van der Waals surface area contributed by atoms with Crippen molar-refractivity contribution in [1.29, 1.82) is 0 Å². The fourth-order valence-corrected chi connectivity index (χ4v) is 2.89. The SMILES string of the molecule is O=C(CCC1CCC(=O)N1)Cc1cccc(Oc2ccccc2)c1. The number of benzene rings is 2. The van der Waals surface area contributed by atoms with Crippen LogP contribution < -0.4 is 10.1 Å². The summed E-state index contributed by atoms with van der Waals surface area (Å²) >= 11 is 0. The number of ether oxygens (including phenoxy) is 1. The lowest BCUT2D eigenvalue weighted by Gasteiger charge is -2.10. The summed E-state index contributed by atoms with van der Waals surface area (Å²) in [6.45, 7) is 0. The summed E-state index contributed by atoms with van der Waals surface area (Å²) < 4.78 is 5.79. The molecule has 1 N–H and O–H groups in total. The number of ketones is 1. The molecule has 1 saturated heterocycles. The highest BCUT2D eigenvalue weighted by Crippen LogP contribution is 2.22. The summed E-state index contributed by atoms with van der Waals surface area (Å²) in [6, 6.07) is 17.4. The summed E-state index contributed by atoms with van der Waals surface area (Å²) in [5.74, 6) is 1.79. The standard InChI is InChI=1S/C20H21NO3/c22-17(11-9-16-10-12-20(23)21-16)13-15-5-4-8-19(14-15)24-18-6-2-1-3-7-18/h1-8,14,16H,9-13H2,(H,21,23). The third-order valence-corrected chi connectivity index (χ3v) is 4.14. The van der Waals surface area contributed by atoms with Crippen LogP contribution in [0.1, 0.15) is 31.2 Å². The van der Waals surface area contributed by atoms with Gasteiger partial charge in [0, 0.05) is 25.3 Å². The molecule has 124 valence electrons. The highest BCUT2D eigenvalue weighted by atomic mass is 16.5. The molecule has 24 heavy (non-hydrogen) atoms. The number of hydrogen-bond donors (Lipinski definition) is 1. The minimum absolute atomic E-state index is 0.0956. The van der Waals surface area contributed by atoms with Gasteiger partial charge >= 0.3 is 0 Å². The van der Waals surface area contributed by atoms with Crippen molar-refractivity contribution in [3.8, 4) is 11.5 Å². The molecule has 0 radical (unpaired) electrons. The maximum Gasteiger partial charge on any atom is 0.220 e. The van der Waals surface area contributed by atoms with E-state index in [1.165, 1.54) is 0 Å². The summed E-state index contributed by atoms with van der Waals surface area (Å²) in [5, 5.41) is 2.90. The molecule has 0 saturated carbocycles. The molecule has 1 aliphatic rings. The van der Waals surface area contributed by atoms with Crippen LogP contribution in [0.3, 0.4) is 0 Å². The molecule has 0 bridgehead atoms. The number of rotatable bonds is 7. The highest BCUT2D eigenvalue weighted by molar-refractivity contribution is 5.81. The summed E-state index contributed by atoms with van der Waals surface area (Å²) in [7, 11) is 0. The van der Waals surface area contributed by atoms with Crippen molar-refractivity contribution < 1.29 is 14.3 Å². The average Bonchev–Trinajstić information content (AvgIpc) is 3.00. The van der Waals surface area contributed by atoms with Gasteiger partial charge in [-0.25, -0.2) is 0 Å². The molecule has 2 aromatic rings. The Bertz CT molecular complexity index is 712. The van der Waals surface area contributed by atoms with Gasteiger partial charge < -0.3 is 10.1 Å². The Morgan fingerprint density at radius 3 is 2.62 bits per heavy atom. The van der Waals surface area contributed by atoms with Crippen LogP contribution in [-0.2, 0) is 16.0 Å². The lowest BCUT2D eigenvalue weighted by Crippen LogP contribution is -2.25. The molecule has 1 unspecified atom stereocenters. The summed E-state index contributed by atoms with van der Waals surface area (Å²) in [4.78, 5) is 23.3. The Hall–Kier alpha value is -2.62. The predicted octanol–water partition coefficient (Wildman–Crippen LogP) is 3.65. The minimum Gasteiger partial charge on any atom is -0.457 e. The maximum atomic E-state index is 12.2. The number of carbonyl (C=O) groups is 2. The molecule has 2 aromatic carbocycles. The van der Waals surface area contributed by atoms with Crippen LogP contribution in [-0.4, -0.2) is 17.7 Å². The quantitative estimate of drug-likeness (QED) is 0.846. The van der Waals surface area contributed by atoms with E-state index in [2.05, 4.69) is 5.32 Å². The molecule has 4 heteroatoms. The molecular weight excluding hydrogens is 302 g/mol. The lowest BCUT2D eigenvalue weighted by molar-refractivity contribution is -0.120. The molecular formula is C20H21NO3. The van der Waals surface area contributed by atoms with Gasteiger partial charge in [0.1, 0.15) is 17.3 Å². The molecule has 1 amide bonds. The molecule has 1 heterocycles. The second-order valence-electron chi connectivity index (χ2n) is 6.12. The van der Waals surface area contributed by atoms with E-state index in [9.17, 15) is 9.59 Å². The Morgan fingerprint density at radius 1 is 1.08 bits per heavy atom. The monoisotopic (exact) mass is 323 g/mol. The lowest BCUT2D eigenvalue weighted by atomic mass is 10.0. The van der Waals surface area contributed by atoms with Crippen LogP contribution in [0.4, 0.5) is 0 Å². The average molecular weight is 323 g/mol. The van der Waals surface area contributed by atoms with Crippen LogP contribution in [0, 0.1) is 0 Å². The zero-order chi connectivity index (χ0) is 16.8. The number of amides is 1. The molecule has 1 fully saturated rings. The normalized spacial score (nSPS) is 16.7. The van der Waals surface area contributed by atoms with Gasteiger partial charge in [0.2, 0.25) is 5.91 Å². The van der Waals surface area contributed by atoms with Crippen molar-refractivity contribution >= 4 is 11.7 Å². The molecule has 4 nitrogen and oxygen atoms in total. The first kappa shape index (κ1) is 16.2. The van der Waals surface area contributed by atoms with Gasteiger partial charge in [-0.2, -0.15) is 0 Å². The van der Waals surface area contributed by atoms with Crippen molar-refractivity contribution in [2.24, 2.45) is 0 Å². The molecule has 1 atom stereocenters. The van der Waals surface area contributed by atoms with Gasteiger partial charge in [0.05, 0.1) is 0 Å². The third kappa shape index (κ3) is 4.69. The first-order valence-corrected chi connectivity index (χ1v) is 8.32. The zero-order valence-corrected chi connectivity index (χ0v) is 13.5. The molecule has 0 aromatic heterocycles. The Kier molecular flexibility index (Phi) is 5.26. The Labute approximate surface area is 141 Å². The van der Waals surface area contributed by atoms with Crippen LogP contribution in [0.25, 0.3) is 0 Å². The van der Waals surface area contributed by atoms with E-state index in [0.29, 0.717) is 19.3 Å². The third-order valence-electron chi connectivity index (χ3n) is 4.14. The van der Waals surface area contributed by atoms with E-state index >= 15 is 0 Å². The Balaban J connectivity index is 1.52. The van der Waals surface area contributed by atoms with Gasteiger partial charge in [0.15, 0.2) is 0 Å². The van der Waals surface area contributed by atoms with Crippen molar-refractivity contribution in [3.63, 3.8) is 0 Å². The number of Topliss-reactive ketones (excluding diaryl/α,β-unsaturated/α-hetero) is 1. The second-order valence-corrected chi connectivity index (χ2v) is 6.12. The largest absolute Gasteiger partial charge is 0.457 e. The summed E-state index contributed by atoms with van der Waals surface area (Å²) in [5.41, 5.74) is 0.948. The van der Waals surface area contributed by atoms with Gasteiger partial charge in [-0.1, -0.05) is 30.3 Å². The van der Waals surface area contributed by atoms with E-state index in [0.717, 1.165) is 29.9 Å². The van der Waals surface area contributed by atoms with Crippen LogP contribution in [0.2, 0.25) is 0 Å². The minimum atomic E-state index is 0.0956. The fraction of sp³-hybridized carbons (Fsp3) is 0.300. The van der Waals surface area contributed by atoms with Crippen molar-refractivity contribution in [1.82, 2.24) is 5.32 Å². The van der Waals surface area contributed by atoms with Gasteiger partial charge in [-0.3, -0.25) is 9.59 Å². The van der Waals surface area contributed by atoms with Crippen molar-refractivity contribution in [3.05, 3.63) is 60.2 Å². The summed E-state index contributed by atoms with van der Waals surface area (Å²) in [6.07, 6.45) is 3.04. The van der Waals surface area contributed by atoms with Gasteiger partial charge in [-0.15, -0.1) is 0 Å². The number of carbonyl (C=O) groups excluding carboxylic acids is 2. The van der Waals surface area contributed by atoms with E-state index in [-0.39, 0.29) is 17.7 Å². The van der Waals surface area contributed by atoms with Crippen molar-refractivity contribution in [2.45, 2.75) is 38.1 Å². The number of para-hydroxylation sites is 1. The Morgan fingerprint density at radius 2 is 1.88 bits per heavy atom. The molecule has 0 aliphatic carbocycles. The van der Waals surface area contributed by atoms with E-state index in [4.69, 9.17) is 4.74 Å².